The molecule has 0 heterocycles. The zero-order valence-electron chi connectivity index (χ0n) is 10.2. The number of benzene rings is 1. The van der Waals surface area contributed by atoms with E-state index < -0.39 is 24.0 Å². The standard InChI is InChI=1S/C13H14ClNO4/c1-8(15-11(16)6-7-12(17)18)13(19)9-2-4-10(14)5-3-9/h2-8,13,19H,1H3,(H,15,16)(H,17,18)/b7-6-. The summed E-state index contributed by atoms with van der Waals surface area (Å²) < 4.78 is 0. The molecule has 3 N–H and O–H groups in total. The molecule has 1 aromatic rings. The van der Waals surface area contributed by atoms with Crippen molar-refractivity contribution >= 4 is 23.5 Å². The van der Waals surface area contributed by atoms with Crippen LogP contribution in [0.3, 0.4) is 0 Å². The molecule has 0 fully saturated rings. The zero-order valence-corrected chi connectivity index (χ0v) is 11.0. The van der Waals surface area contributed by atoms with Gasteiger partial charge in [-0.3, -0.25) is 4.79 Å². The third-order valence-corrected chi connectivity index (χ3v) is 2.68. The van der Waals surface area contributed by atoms with Gasteiger partial charge in [0.15, 0.2) is 0 Å². The Kier molecular flexibility index (Phi) is 5.54. The Bertz CT molecular complexity index is 484. The first-order valence-electron chi connectivity index (χ1n) is 5.55. The SMILES string of the molecule is CC(NC(=O)/C=C\C(=O)O)C(O)c1ccc(Cl)cc1. The van der Waals surface area contributed by atoms with Crippen LogP contribution < -0.4 is 5.32 Å². The molecule has 6 heteroatoms. The van der Waals surface area contributed by atoms with Gasteiger partial charge in [-0.25, -0.2) is 4.79 Å². The Morgan fingerprint density at radius 3 is 2.37 bits per heavy atom. The number of hydrogen-bond acceptors (Lipinski definition) is 3. The number of aliphatic hydroxyl groups is 1. The fourth-order valence-corrected chi connectivity index (χ4v) is 1.57. The van der Waals surface area contributed by atoms with E-state index in [1.165, 1.54) is 0 Å². The van der Waals surface area contributed by atoms with E-state index in [2.05, 4.69) is 5.32 Å². The van der Waals surface area contributed by atoms with Gasteiger partial charge >= 0.3 is 5.97 Å². The minimum Gasteiger partial charge on any atom is -0.478 e. The largest absolute Gasteiger partial charge is 0.478 e. The average molecular weight is 284 g/mol. The van der Waals surface area contributed by atoms with Gasteiger partial charge in [-0.15, -0.1) is 0 Å². The van der Waals surface area contributed by atoms with E-state index in [4.69, 9.17) is 16.7 Å². The number of amides is 1. The maximum atomic E-state index is 11.4. The molecule has 0 aliphatic carbocycles. The second-order valence-electron chi connectivity index (χ2n) is 3.97. The Morgan fingerprint density at radius 1 is 1.26 bits per heavy atom. The summed E-state index contributed by atoms with van der Waals surface area (Å²) in [5.41, 5.74) is 0.611. The van der Waals surface area contributed by atoms with Gasteiger partial charge in [0.2, 0.25) is 5.91 Å². The van der Waals surface area contributed by atoms with Crippen LogP contribution in [0.4, 0.5) is 0 Å². The molecule has 0 aliphatic rings. The molecule has 0 spiro atoms. The van der Waals surface area contributed by atoms with Crippen molar-refractivity contribution in [3.8, 4) is 0 Å². The number of aliphatic carboxylic acids is 1. The number of nitrogens with one attached hydrogen (secondary N) is 1. The molecule has 1 amide bonds. The van der Waals surface area contributed by atoms with Crippen molar-refractivity contribution in [1.29, 1.82) is 0 Å². The number of halogens is 1. The molecule has 5 nitrogen and oxygen atoms in total. The van der Waals surface area contributed by atoms with Gasteiger partial charge in [-0.05, 0) is 24.6 Å². The summed E-state index contributed by atoms with van der Waals surface area (Å²) in [6.07, 6.45) is 0.726. The Labute approximate surface area is 115 Å². The van der Waals surface area contributed by atoms with Crippen LogP contribution in [0.25, 0.3) is 0 Å². The summed E-state index contributed by atoms with van der Waals surface area (Å²) in [4.78, 5) is 21.6. The van der Waals surface area contributed by atoms with Crippen molar-refractivity contribution in [3.63, 3.8) is 0 Å². The van der Waals surface area contributed by atoms with Crippen molar-refractivity contribution in [2.75, 3.05) is 0 Å². The molecule has 19 heavy (non-hydrogen) atoms. The predicted molar refractivity (Wildman–Crippen MR) is 70.8 cm³/mol. The highest BCUT2D eigenvalue weighted by Crippen LogP contribution is 2.19. The third-order valence-electron chi connectivity index (χ3n) is 2.43. The van der Waals surface area contributed by atoms with E-state index in [0.29, 0.717) is 10.6 Å². The van der Waals surface area contributed by atoms with Crippen molar-refractivity contribution < 1.29 is 19.8 Å². The van der Waals surface area contributed by atoms with Gasteiger partial charge < -0.3 is 15.5 Å². The zero-order chi connectivity index (χ0) is 14.4. The van der Waals surface area contributed by atoms with E-state index in [-0.39, 0.29) is 0 Å². The van der Waals surface area contributed by atoms with Crippen molar-refractivity contribution in [2.45, 2.75) is 19.1 Å². The van der Waals surface area contributed by atoms with Crippen LogP contribution in [0.15, 0.2) is 36.4 Å². The number of carbonyl (C=O) groups is 2. The lowest BCUT2D eigenvalue weighted by atomic mass is 10.0. The first-order valence-corrected chi connectivity index (χ1v) is 5.93. The fourth-order valence-electron chi connectivity index (χ4n) is 1.45. The number of carboxylic acid groups (broad SMARTS) is 1. The average Bonchev–Trinajstić information content (AvgIpc) is 2.36. The molecule has 0 radical (unpaired) electrons. The molecule has 0 saturated carbocycles. The molecule has 2 unspecified atom stereocenters. The molecular weight excluding hydrogens is 270 g/mol. The van der Waals surface area contributed by atoms with Gasteiger partial charge in [0, 0.05) is 17.2 Å². The van der Waals surface area contributed by atoms with E-state index in [1.54, 1.807) is 31.2 Å². The number of aliphatic hydroxyl groups excluding tert-OH is 1. The summed E-state index contributed by atoms with van der Waals surface area (Å²) in [5.74, 6) is -1.79. The summed E-state index contributed by atoms with van der Waals surface area (Å²) in [5, 5.41) is 21.4. The van der Waals surface area contributed by atoms with Crippen LogP contribution in [0.2, 0.25) is 5.02 Å². The number of carboxylic acids is 1. The van der Waals surface area contributed by atoms with Crippen LogP contribution in [0.1, 0.15) is 18.6 Å². The van der Waals surface area contributed by atoms with Crippen LogP contribution in [0.5, 0.6) is 0 Å². The molecule has 0 aromatic heterocycles. The monoisotopic (exact) mass is 283 g/mol. The van der Waals surface area contributed by atoms with Crippen LogP contribution in [0, 0.1) is 0 Å². The minimum absolute atomic E-state index is 0.553. The quantitative estimate of drug-likeness (QED) is 0.715. The van der Waals surface area contributed by atoms with Crippen LogP contribution in [-0.2, 0) is 9.59 Å². The number of rotatable bonds is 5. The topological polar surface area (TPSA) is 86.6 Å². The highest BCUT2D eigenvalue weighted by atomic mass is 35.5. The number of carbonyl (C=O) groups excluding carboxylic acids is 1. The molecule has 0 saturated heterocycles. The lowest BCUT2D eigenvalue weighted by Gasteiger charge is -2.19. The molecule has 102 valence electrons. The Balaban J connectivity index is 2.62. The lowest BCUT2D eigenvalue weighted by molar-refractivity contribution is -0.131. The van der Waals surface area contributed by atoms with E-state index >= 15 is 0 Å². The summed E-state index contributed by atoms with van der Waals surface area (Å²) in [6.45, 7) is 1.62. The van der Waals surface area contributed by atoms with E-state index in [1.807, 2.05) is 0 Å². The van der Waals surface area contributed by atoms with Gasteiger partial charge in [-0.1, -0.05) is 23.7 Å². The highest BCUT2D eigenvalue weighted by molar-refractivity contribution is 6.30. The van der Waals surface area contributed by atoms with Gasteiger partial charge in [0.1, 0.15) is 0 Å². The summed E-state index contributed by atoms with van der Waals surface area (Å²) in [7, 11) is 0. The lowest BCUT2D eigenvalue weighted by Crippen LogP contribution is -2.36. The molecule has 0 bridgehead atoms. The normalized spacial score (nSPS) is 14.1. The van der Waals surface area contributed by atoms with Crippen molar-refractivity contribution in [2.24, 2.45) is 0 Å². The molecule has 0 aliphatic heterocycles. The van der Waals surface area contributed by atoms with Crippen molar-refractivity contribution in [1.82, 2.24) is 5.32 Å². The second kappa shape index (κ2) is 6.92. The smallest absolute Gasteiger partial charge is 0.328 e. The predicted octanol–water partition coefficient (Wildman–Crippen LogP) is 1.52. The maximum Gasteiger partial charge on any atom is 0.328 e. The number of hydrogen-bond donors (Lipinski definition) is 3. The van der Waals surface area contributed by atoms with Gasteiger partial charge in [0.25, 0.3) is 0 Å². The first-order chi connectivity index (χ1) is 8.90. The molecule has 1 aromatic carbocycles. The summed E-state index contributed by atoms with van der Waals surface area (Å²) >= 11 is 5.74. The van der Waals surface area contributed by atoms with Gasteiger partial charge in [0.05, 0.1) is 12.1 Å². The molecule has 1 rings (SSSR count). The van der Waals surface area contributed by atoms with Crippen molar-refractivity contribution in [3.05, 3.63) is 47.0 Å². The minimum atomic E-state index is -1.21. The van der Waals surface area contributed by atoms with E-state index in [0.717, 1.165) is 12.2 Å². The third kappa shape index (κ3) is 5.11. The molecular formula is C13H14ClNO4. The highest BCUT2D eigenvalue weighted by Gasteiger charge is 2.17. The summed E-state index contributed by atoms with van der Waals surface area (Å²) in [6, 6.07) is 6.02. The Morgan fingerprint density at radius 2 is 1.84 bits per heavy atom. The maximum absolute atomic E-state index is 11.4. The fraction of sp³-hybridized carbons (Fsp3) is 0.231. The first kappa shape index (κ1) is 15.2. The molecule has 2 atom stereocenters. The van der Waals surface area contributed by atoms with Crippen LogP contribution in [-0.4, -0.2) is 28.1 Å². The van der Waals surface area contributed by atoms with Gasteiger partial charge in [-0.2, -0.15) is 0 Å². The van der Waals surface area contributed by atoms with Crippen LogP contribution >= 0.6 is 11.6 Å². The van der Waals surface area contributed by atoms with E-state index in [9.17, 15) is 14.7 Å². The second-order valence-corrected chi connectivity index (χ2v) is 4.40. The Hall–Kier alpha value is -1.85.